The predicted octanol–water partition coefficient (Wildman–Crippen LogP) is 23.8. The van der Waals surface area contributed by atoms with E-state index in [-0.39, 0.29) is 22.1 Å². The van der Waals surface area contributed by atoms with E-state index in [9.17, 15) is 15.0 Å². The molecule has 0 radical (unpaired) electrons. The third-order valence-electron chi connectivity index (χ3n) is 16.8. The minimum atomic E-state index is -1.46. The smallest absolute Gasteiger partial charge is 0.545 e. The molecule has 510 valence electrons. The zero-order valence-electron chi connectivity index (χ0n) is 60.0. The van der Waals surface area contributed by atoms with Gasteiger partial charge in [-0.2, -0.15) is 0 Å². The SMILES string of the molecule is CCCCCCCCC(C=Nc1cccc(CC[Si](C)(C)C)c1)=Nc1cccc(CC[Si](C)(C)C)c1.CCCCCc1ccc(N=CC(CCCC)=Nc2ccc(CCCCC)c(CCCCC)c2)cc1CCCCC.CCCCc1ccc(O)c(O)c1C(=O)[O-].[Ni+2]. The van der Waals surface area contributed by atoms with Gasteiger partial charge in [0.05, 0.1) is 40.1 Å². The fourth-order valence-electron chi connectivity index (χ4n) is 11.0. The third-order valence-corrected chi connectivity index (χ3v) is 20.3. The molecule has 0 saturated carbocycles. The van der Waals surface area contributed by atoms with Crippen LogP contribution in [0.15, 0.2) is 117 Å². The number of phenolic OH excluding ortho intramolecular Hbond substituents is 1. The van der Waals surface area contributed by atoms with Crippen molar-refractivity contribution in [1.82, 2.24) is 0 Å². The van der Waals surface area contributed by atoms with Crippen molar-refractivity contribution in [3.63, 3.8) is 0 Å². The number of aromatic carboxylic acids is 1. The summed E-state index contributed by atoms with van der Waals surface area (Å²) in [6, 6.07) is 36.9. The molecule has 0 unspecified atom stereocenters. The normalized spacial score (nSPS) is 12.0. The van der Waals surface area contributed by atoms with Crippen LogP contribution in [0, 0.1) is 0 Å². The van der Waals surface area contributed by atoms with Gasteiger partial charge in [0.2, 0.25) is 0 Å². The average molecular weight is 1330 g/mol. The fourth-order valence-corrected chi connectivity index (χ4v) is 13.1. The van der Waals surface area contributed by atoms with Crippen molar-refractivity contribution in [1.29, 1.82) is 0 Å². The Morgan fingerprint density at radius 1 is 0.402 bits per heavy atom. The van der Waals surface area contributed by atoms with Crippen LogP contribution in [-0.4, -0.2) is 56.2 Å². The van der Waals surface area contributed by atoms with Gasteiger partial charge in [0.25, 0.3) is 0 Å². The van der Waals surface area contributed by atoms with Gasteiger partial charge in [0.1, 0.15) is 0 Å². The summed E-state index contributed by atoms with van der Waals surface area (Å²) in [6.45, 7) is 30.3. The minimum absolute atomic E-state index is 0. The molecule has 0 bridgehead atoms. The number of rotatable bonds is 42. The second-order valence-electron chi connectivity index (χ2n) is 27.9. The molecule has 2 N–H and O–H groups in total. The molecule has 0 amide bonds. The second kappa shape index (κ2) is 48.5. The number of carboxylic acids is 1. The number of hydrogen-bond acceptors (Lipinski definition) is 8. The maximum atomic E-state index is 10.8. The van der Waals surface area contributed by atoms with Crippen molar-refractivity contribution >= 4 is 68.7 Å². The molecule has 0 aliphatic carbocycles. The van der Waals surface area contributed by atoms with E-state index in [0.717, 1.165) is 79.1 Å². The molecular weight excluding hydrogens is 1210 g/mol. The van der Waals surface area contributed by atoms with Gasteiger partial charge in [-0.1, -0.05) is 239 Å². The number of aromatic hydroxyl groups is 2. The van der Waals surface area contributed by atoms with Crippen LogP contribution >= 0.6 is 0 Å². The Morgan fingerprint density at radius 3 is 1.25 bits per heavy atom. The number of nitrogens with zero attached hydrogens (tertiary/aromatic N) is 4. The molecule has 0 aliphatic rings. The van der Waals surface area contributed by atoms with E-state index < -0.39 is 33.6 Å². The molecule has 92 heavy (non-hydrogen) atoms. The van der Waals surface area contributed by atoms with Crippen molar-refractivity contribution in [3.8, 4) is 11.5 Å². The van der Waals surface area contributed by atoms with Crippen molar-refractivity contribution in [2.24, 2.45) is 20.0 Å². The zero-order chi connectivity index (χ0) is 66.7. The third kappa shape index (κ3) is 36.4. The number of aryl methyl sites for hydroxylation is 7. The molecule has 8 nitrogen and oxygen atoms in total. The summed E-state index contributed by atoms with van der Waals surface area (Å²) < 4.78 is 0. The maximum Gasteiger partial charge on any atom is 2.00 e. The summed E-state index contributed by atoms with van der Waals surface area (Å²) in [5.41, 5.74) is 15.5. The van der Waals surface area contributed by atoms with Gasteiger partial charge in [0, 0.05) is 34.1 Å². The Kier molecular flexibility index (Phi) is 43.7. The van der Waals surface area contributed by atoms with Crippen LogP contribution in [0.25, 0.3) is 0 Å². The van der Waals surface area contributed by atoms with E-state index in [1.807, 2.05) is 19.4 Å². The van der Waals surface area contributed by atoms with Gasteiger partial charge < -0.3 is 20.1 Å². The van der Waals surface area contributed by atoms with E-state index in [4.69, 9.17) is 25.1 Å². The van der Waals surface area contributed by atoms with Gasteiger partial charge in [-0.15, -0.1) is 0 Å². The van der Waals surface area contributed by atoms with Gasteiger partial charge in [-0.3, -0.25) is 20.0 Å². The molecule has 11 heteroatoms. The molecule has 5 aromatic carbocycles. The summed E-state index contributed by atoms with van der Waals surface area (Å²) in [5.74, 6) is -2.51. The predicted molar refractivity (Wildman–Crippen MR) is 403 cm³/mol. The maximum absolute atomic E-state index is 10.8. The largest absolute Gasteiger partial charge is 2.00 e. The van der Waals surface area contributed by atoms with Gasteiger partial charge in [0.15, 0.2) is 11.5 Å². The second-order valence-corrected chi connectivity index (χ2v) is 39.1. The summed E-state index contributed by atoms with van der Waals surface area (Å²) in [6.07, 6.45) is 40.8. The molecule has 5 rings (SSSR count). The van der Waals surface area contributed by atoms with Gasteiger partial charge in [-0.25, -0.2) is 0 Å². The van der Waals surface area contributed by atoms with Crippen molar-refractivity contribution < 1.29 is 36.6 Å². The van der Waals surface area contributed by atoms with E-state index >= 15 is 0 Å². The van der Waals surface area contributed by atoms with E-state index in [2.05, 4.69) is 166 Å². The molecule has 0 aromatic heterocycles. The van der Waals surface area contributed by atoms with Crippen LogP contribution in [0.3, 0.4) is 0 Å². The number of unbranched alkanes of at least 4 members (excludes halogenated alkanes) is 15. The van der Waals surface area contributed by atoms with Crippen LogP contribution < -0.4 is 5.11 Å². The standard InChI is InChI=1S/C38H60N2.C32H52N2Si2.C11H14O4.Ni/c1-6-11-16-20-32-25-27-36(29-34(32)22-18-13-8-3)39-31-38(24-15-10-5)40-37-28-26-33(21-17-12-7-2)35(30-37)23-19-14-9-4;1-8-9-10-11-12-13-18-32(34-31-20-15-17-29(26-31)22-24-36(5,6)7)27-33-30-19-14-16-28(25-30)21-23-35(2,3)4;1-2-3-4-7-5-6-8(12)10(13)9(7)11(14)15;/h25-31H,6-24H2,1-5H3;14-17,19-20,25-27H,8-13,18,21-24H2,1-7H3;5-6,12-13H,2-4H2,1H3,(H,14,15);/q;;;+2/p-1. The van der Waals surface area contributed by atoms with Crippen molar-refractivity contribution in [2.45, 2.75) is 299 Å². The van der Waals surface area contributed by atoms with Crippen LogP contribution in [0.1, 0.15) is 252 Å². The Balaban J connectivity index is 0.000000510. The van der Waals surface area contributed by atoms with Crippen LogP contribution in [0.5, 0.6) is 11.5 Å². The summed E-state index contributed by atoms with van der Waals surface area (Å²) >= 11 is 0. The summed E-state index contributed by atoms with van der Waals surface area (Å²) in [4.78, 5) is 30.9. The Labute approximate surface area is 573 Å². The number of hydrogen-bond donors (Lipinski definition) is 2. The van der Waals surface area contributed by atoms with Crippen LogP contribution in [0.4, 0.5) is 22.7 Å². The Hall–Kier alpha value is -5.22. The first kappa shape index (κ1) is 82.9. The summed E-state index contributed by atoms with van der Waals surface area (Å²) in [7, 11) is -2.09. The Bertz CT molecular complexity index is 2950. The zero-order valence-corrected chi connectivity index (χ0v) is 63.0. The number of carbonyl (C=O) groups is 1. The van der Waals surface area contributed by atoms with Crippen molar-refractivity contribution in [2.75, 3.05) is 0 Å². The molecule has 0 aliphatic heterocycles. The van der Waals surface area contributed by atoms with Gasteiger partial charge in [-0.05, 0) is 196 Å². The average Bonchev–Trinajstić information content (AvgIpc) is 2.56. The number of carbonyl (C=O) groups excluding carboxylic acids is 1. The number of carboxylic acid groups (broad SMARTS) is 1. The number of benzene rings is 5. The van der Waals surface area contributed by atoms with Crippen molar-refractivity contribution in [3.05, 3.63) is 142 Å². The van der Waals surface area contributed by atoms with E-state index in [1.165, 1.54) is 205 Å². The monoisotopic (exact) mass is 1330 g/mol. The first-order chi connectivity index (χ1) is 43.8. The molecular formula is C81H125N4NiO4Si2+. The quantitative estimate of drug-likeness (QED) is 0.0174. The fraction of sp³-hybridized carbons (Fsp3) is 0.568. The van der Waals surface area contributed by atoms with Gasteiger partial charge >= 0.3 is 16.5 Å². The number of aliphatic imine (C=N–C) groups is 4. The van der Waals surface area contributed by atoms with Crippen LogP contribution in [0.2, 0.25) is 51.4 Å². The van der Waals surface area contributed by atoms with Crippen LogP contribution in [-0.2, 0) is 61.4 Å². The molecule has 0 atom stereocenters. The van der Waals surface area contributed by atoms with E-state index in [0.29, 0.717) is 12.0 Å². The summed E-state index contributed by atoms with van der Waals surface area (Å²) in [5, 5.41) is 29.3. The molecule has 0 fully saturated rings. The molecule has 0 spiro atoms. The molecule has 0 saturated heterocycles. The topological polar surface area (TPSA) is 130 Å². The number of phenols is 2. The molecule has 0 heterocycles. The minimum Gasteiger partial charge on any atom is -0.545 e. The first-order valence-electron chi connectivity index (χ1n) is 36.2. The Morgan fingerprint density at radius 2 is 0.772 bits per heavy atom. The first-order valence-corrected chi connectivity index (χ1v) is 43.6. The van der Waals surface area contributed by atoms with E-state index in [1.54, 1.807) is 0 Å². The molecule has 5 aromatic rings.